The normalized spacial score (nSPS) is 12.2. The molecule has 6 N–H and O–H groups in total. The minimum atomic E-state index is -3.66. The second kappa shape index (κ2) is 5.68. The van der Waals surface area contributed by atoms with Crippen molar-refractivity contribution in [3.63, 3.8) is 0 Å². The number of nitrogens with two attached hydrogens (primary N) is 2. The smallest absolute Gasteiger partial charge is 0.242 e. The lowest BCUT2D eigenvalue weighted by Gasteiger charge is -2.27. The molecule has 0 atom stereocenters. The van der Waals surface area contributed by atoms with Crippen molar-refractivity contribution in [2.24, 2.45) is 5.73 Å². The summed E-state index contributed by atoms with van der Waals surface area (Å²) in [6.45, 7) is 3.51. The number of nitrogen functional groups attached to an aromatic ring is 1. The molecule has 7 nitrogen and oxygen atoms in total. The van der Waals surface area contributed by atoms with E-state index in [-0.39, 0.29) is 11.3 Å². The van der Waals surface area contributed by atoms with Gasteiger partial charge in [-0.1, -0.05) is 0 Å². The maximum absolute atomic E-state index is 12.0. The molecule has 0 fully saturated rings. The van der Waals surface area contributed by atoms with Gasteiger partial charge in [-0.2, -0.15) is 0 Å². The minimum Gasteiger partial charge on any atom is -0.399 e. The monoisotopic (exact) mass is 300 g/mol. The first kappa shape index (κ1) is 16.3. The van der Waals surface area contributed by atoms with Crippen molar-refractivity contribution in [2.75, 3.05) is 18.1 Å². The zero-order chi connectivity index (χ0) is 15.6. The molecular weight excluding hydrogens is 280 g/mol. The van der Waals surface area contributed by atoms with E-state index in [1.807, 2.05) is 0 Å². The van der Waals surface area contributed by atoms with Gasteiger partial charge in [-0.05, 0) is 39.1 Å². The number of carbonyl (C=O) groups is 1. The van der Waals surface area contributed by atoms with Crippen molar-refractivity contribution in [3.05, 3.63) is 18.2 Å². The molecule has 0 saturated heterocycles. The SMILES string of the molecule is CNS(=O)(=O)c1cc(N)ccc1NC(C)(C)CC(N)=O. The Labute approximate surface area is 118 Å². The summed E-state index contributed by atoms with van der Waals surface area (Å²) in [6, 6.07) is 4.49. The van der Waals surface area contributed by atoms with Crippen molar-refractivity contribution in [2.45, 2.75) is 30.7 Å². The Balaban J connectivity index is 3.23. The third-order valence-corrected chi connectivity index (χ3v) is 4.11. The molecule has 0 aliphatic carbocycles. The molecule has 112 valence electrons. The molecule has 1 aromatic carbocycles. The number of amides is 1. The van der Waals surface area contributed by atoms with Gasteiger partial charge in [0.2, 0.25) is 15.9 Å². The summed E-state index contributed by atoms with van der Waals surface area (Å²) in [4.78, 5) is 11.1. The third kappa shape index (κ3) is 4.10. The number of rotatable bonds is 6. The lowest BCUT2D eigenvalue weighted by Crippen LogP contribution is -2.36. The summed E-state index contributed by atoms with van der Waals surface area (Å²) in [5, 5.41) is 3.01. The highest BCUT2D eigenvalue weighted by Crippen LogP contribution is 2.27. The molecule has 0 aliphatic rings. The third-order valence-electron chi connectivity index (χ3n) is 2.65. The summed E-state index contributed by atoms with van der Waals surface area (Å²) in [5.74, 6) is -0.476. The van der Waals surface area contributed by atoms with Crippen molar-refractivity contribution in [1.29, 1.82) is 0 Å². The number of carbonyl (C=O) groups excluding carboxylic acids is 1. The fourth-order valence-electron chi connectivity index (χ4n) is 1.82. The Kier molecular flexibility index (Phi) is 4.61. The van der Waals surface area contributed by atoms with E-state index < -0.39 is 21.5 Å². The van der Waals surface area contributed by atoms with Crippen LogP contribution < -0.4 is 21.5 Å². The second-order valence-electron chi connectivity index (χ2n) is 5.12. The fourth-order valence-corrected chi connectivity index (χ4v) is 2.74. The van der Waals surface area contributed by atoms with E-state index in [1.165, 1.54) is 13.1 Å². The fraction of sp³-hybridized carbons (Fsp3) is 0.417. The highest BCUT2D eigenvalue weighted by atomic mass is 32.2. The van der Waals surface area contributed by atoms with Gasteiger partial charge in [0.25, 0.3) is 0 Å². The Hall–Kier alpha value is -1.80. The quantitative estimate of drug-likeness (QED) is 0.560. The number of benzene rings is 1. The van der Waals surface area contributed by atoms with Crippen LogP contribution in [0.4, 0.5) is 11.4 Å². The van der Waals surface area contributed by atoms with E-state index >= 15 is 0 Å². The zero-order valence-corrected chi connectivity index (χ0v) is 12.5. The summed E-state index contributed by atoms with van der Waals surface area (Å²) < 4.78 is 26.2. The number of primary amides is 1. The first-order chi connectivity index (χ1) is 9.07. The molecule has 0 spiro atoms. The van der Waals surface area contributed by atoms with E-state index in [0.717, 1.165) is 0 Å². The predicted molar refractivity (Wildman–Crippen MR) is 78.6 cm³/mol. The topological polar surface area (TPSA) is 127 Å². The molecule has 8 heteroatoms. The Morgan fingerprint density at radius 3 is 2.45 bits per heavy atom. The Morgan fingerprint density at radius 2 is 1.95 bits per heavy atom. The van der Waals surface area contributed by atoms with Gasteiger partial charge in [0, 0.05) is 17.6 Å². The molecule has 1 amide bonds. The lowest BCUT2D eigenvalue weighted by molar-refractivity contribution is -0.118. The van der Waals surface area contributed by atoms with Crippen LogP contribution in [0.1, 0.15) is 20.3 Å². The highest BCUT2D eigenvalue weighted by molar-refractivity contribution is 7.89. The van der Waals surface area contributed by atoms with E-state index in [2.05, 4.69) is 10.0 Å². The van der Waals surface area contributed by atoms with Crippen LogP contribution >= 0.6 is 0 Å². The van der Waals surface area contributed by atoms with Gasteiger partial charge in [-0.3, -0.25) is 4.79 Å². The van der Waals surface area contributed by atoms with Crippen molar-refractivity contribution in [3.8, 4) is 0 Å². The maximum atomic E-state index is 12.0. The standard InChI is InChI=1S/C12H20N4O3S/c1-12(2,7-11(14)17)16-9-5-4-8(13)6-10(9)20(18,19)15-3/h4-6,15-16H,7,13H2,1-3H3,(H2,14,17). The predicted octanol–water partition coefficient (Wildman–Crippen LogP) is 0.243. The summed E-state index contributed by atoms with van der Waals surface area (Å²) >= 11 is 0. The van der Waals surface area contributed by atoms with Gasteiger partial charge in [-0.25, -0.2) is 13.1 Å². The lowest BCUT2D eigenvalue weighted by atomic mass is 10.00. The first-order valence-corrected chi connectivity index (χ1v) is 7.45. The Morgan fingerprint density at radius 1 is 1.35 bits per heavy atom. The average Bonchev–Trinajstić information content (AvgIpc) is 2.29. The Bertz CT molecular complexity index is 611. The largest absolute Gasteiger partial charge is 0.399 e. The second-order valence-corrected chi connectivity index (χ2v) is 6.97. The van der Waals surface area contributed by atoms with Crippen LogP contribution in [-0.4, -0.2) is 26.9 Å². The number of anilines is 2. The van der Waals surface area contributed by atoms with Crippen LogP contribution in [0.5, 0.6) is 0 Å². The molecule has 20 heavy (non-hydrogen) atoms. The van der Waals surface area contributed by atoms with Crippen molar-refractivity contribution < 1.29 is 13.2 Å². The average molecular weight is 300 g/mol. The van der Waals surface area contributed by atoms with Crippen LogP contribution in [0.25, 0.3) is 0 Å². The number of nitrogens with one attached hydrogen (secondary N) is 2. The molecule has 0 heterocycles. The van der Waals surface area contributed by atoms with Gasteiger partial charge in [0.05, 0.1) is 5.69 Å². The molecule has 1 aromatic rings. The summed E-state index contributed by atoms with van der Waals surface area (Å²) in [7, 11) is -2.34. The molecule has 0 saturated carbocycles. The van der Waals surface area contributed by atoms with Crippen molar-refractivity contribution >= 4 is 27.3 Å². The van der Waals surface area contributed by atoms with Crippen LogP contribution in [-0.2, 0) is 14.8 Å². The van der Waals surface area contributed by atoms with E-state index in [4.69, 9.17) is 11.5 Å². The van der Waals surface area contributed by atoms with Gasteiger partial charge in [0.15, 0.2) is 0 Å². The summed E-state index contributed by atoms with van der Waals surface area (Å²) in [6.07, 6.45) is 0.0659. The van der Waals surface area contributed by atoms with Crippen LogP contribution in [0.2, 0.25) is 0 Å². The van der Waals surface area contributed by atoms with Gasteiger partial charge < -0.3 is 16.8 Å². The minimum absolute atomic E-state index is 0.0255. The number of hydrogen-bond acceptors (Lipinski definition) is 5. The van der Waals surface area contributed by atoms with Crippen LogP contribution in [0.3, 0.4) is 0 Å². The molecule has 1 rings (SSSR count). The molecule has 0 aromatic heterocycles. The van der Waals surface area contributed by atoms with E-state index in [1.54, 1.807) is 26.0 Å². The molecule has 0 radical (unpaired) electrons. The molecule has 0 unspecified atom stereocenters. The van der Waals surface area contributed by atoms with Gasteiger partial charge in [0.1, 0.15) is 4.90 Å². The van der Waals surface area contributed by atoms with Crippen molar-refractivity contribution in [1.82, 2.24) is 4.72 Å². The van der Waals surface area contributed by atoms with Crippen LogP contribution in [0.15, 0.2) is 23.1 Å². The molecular formula is C12H20N4O3S. The van der Waals surface area contributed by atoms with Crippen LogP contribution in [0, 0.1) is 0 Å². The summed E-state index contributed by atoms with van der Waals surface area (Å²) in [5.41, 5.74) is 10.8. The molecule has 0 bridgehead atoms. The first-order valence-electron chi connectivity index (χ1n) is 5.97. The number of hydrogen-bond donors (Lipinski definition) is 4. The number of sulfonamides is 1. The maximum Gasteiger partial charge on any atom is 0.242 e. The van der Waals surface area contributed by atoms with Gasteiger partial charge in [-0.15, -0.1) is 0 Å². The highest BCUT2D eigenvalue weighted by Gasteiger charge is 2.24. The van der Waals surface area contributed by atoms with E-state index in [0.29, 0.717) is 11.4 Å². The molecule has 0 aliphatic heterocycles. The van der Waals surface area contributed by atoms with E-state index in [9.17, 15) is 13.2 Å². The van der Waals surface area contributed by atoms with Gasteiger partial charge >= 0.3 is 0 Å². The zero-order valence-electron chi connectivity index (χ0n) is 11.7.